The van der Waals surface area contributed by atoms with Gasteiger partial charge in [0.2, 0.25) is 0 Å². The number of rotatable bonds is 42. The Morgan fingerprint density at radius 1 is 0.483 bits per heavy atom. The first-order chi connectivity index (χ1) is 28.3. The summed E-state index contributed by atoms with van der Waals surface area (Å²) in [4.78, 5) is 34.6. The lowest BCUT2D eigenvalue weighted by Crippen LogP contribution is -2.28. The molecule has 0 aliphatic carbocycles. The molecule has 0 aromatic rings. The second-order valence-electron chi connectivity index (χ2n) is 15.0. The van der Waals surface area contributed by atoms with Crippen molar-refractivity contribution in [1.82, 2.24) is 0 Å². The summed E-state index contributed by atoms with van der Waals surface area (Å²) < 4.78 is 32.6. The van der Waals surface area contributed by atoms with Crippen molar-refractivity contribution in [3.8, 4) is 0 Å². The second kappa shape index (κ2) is 42.8. The molecule has 0 amide bonds. The number of ether oxygens (including phenoxy) is 2. The number of allylic oxidation sites excluding steroid dienone is 10. The van der Waals surface area contributed by atoms with Gasteiger partial charge in [-0.05, 0) is 77.0 Å². The molecule has 0 rings (SSSR count). The molecule has 0 aromatic heterocycles. The Kier molecular flexibility index (Phi) is 41.1. The molecule has 0 saturated carbocycles. The van der Waals surface area contributed by atoms with Crippen molar-refractivity contribution in [2.24, 2.45) is 0 Å². The van der Waals surface area contributed by atoms with E-state index in [1.165, 1.54) is 64.2 Å². The fourth-order valence-electron chi connectivity index (χ4n) is 5.98. The van der Waals surface area contributed by atoms with E-state index < -0.39 is 58.4 Å². The molecule has 58 heavy (non-hydrogen) atoms. The van der Waals surface area contributed by atoms with Crippen LogP contribution in [0.5, 0.6) is 0 Å². The fraction of sp³-hybridized carbons (Fsp3) is 0.745. The Labute approximate surface area is 353 Å². The number of phosphoric ester groups is 1. The highest BCUT2D eigenvalue weighted by molar-refractivity contribution is 7.47. The minimum Gasteiger partial charge on any atom is -0.457 e. The smallest absolute Gasteiger partial charge is 0.457 e. The number of aliphatic hydroxyl groups is 2. The lowest BCUT2D eigenvalue weighted by atomic mass is 10.1. The molecule has 3 unspecified atom stereocenters. The predicted octanol–water partition coefficient (Wildman–Crippen LogP) is 12.3. The molecule has 3 atom stereocenters. The van der Waals surface area contributed by atoms with Gasteiger partial charge in [0.25, 0.3) is 0 Å². The van der Waals surface area contributed by atoms with Crippen LogP contribution in [0.4, 0.5) is 0 Å². The van der Waals surface area contributed by atoms with E-state index in [1.807, 2.05) is 0 Å². The van der Waals surface area contributed by atoms with Crippen molar-refractivity contribution >= 4 is 19.8 Å². The Balaban J connectivity index is 3.93. The highest BCUT2D eigenvalue weighted by Crippen LogP contribution is 2.43. The van der Waals surface area contributed by atoms with Crippen LogP contribution >= 0.6 is 7.82 Å². The second-order valence-corrected chi connectivity index (χ2v) is 16.5. The van der Waals surface area contributed by atoms with Crippen LogP contribution in [0.3, 0.4) is 0 Å². The zero-order valence-corrected chi connectivity index (χ0v) is 37.4. The molecule has 10 nitrogen and oxygen atoms in total. The van der Waals surface area contributed by atoms with Crippen molar-refractivity contribution in [2.45, 2.75) is 199 Å². The maximum absolute atomic E-state index is 12.4. The summed E-state index contributed by atoms with van der Waals surface area (Å²) >= 11 is 0. The minimum absolute atomic E-state index is 0.178. The van der Waals surface area contributed by atoms with Gasteiger partial charge in [0.15, 0.2) is 0 Å². The van der Waals surface area contributed by atoms with Crippen molar-refractivity contribution in [3.63, 3.8) is 0 Å². The van der Waals surface area contributed by atoms with Crippen LogP contribution < -0.4 is 0 Å². The van der Waals surface area contributed by atoms with Gasteiger partial charge >= 0.3 is 19.8 Å². The fourth-order valence-corrected chi connectivity index (χ4v) is 6.77. The molecule has 0 aromatic carbocycles. The molecular formula is C47H83O10P. The molecule has 3 N–H and O–H groups in total. The van der Waals surface area contributed by atoms with E-state index in [0.717, 1.165) is 83.5 Å². The van der Waals surface area contributed by atoms with E-state index in [1.54, 1.807) is 0 Å². The average molecular weight is 839 g/mol. The predicted molar refractivity (Wildman–Crippen MR) is 237 cm³/mol. The SMILES string of the molecule is CC/C=C\C/C=C\C/C=C\CCCCCCCCCC(=O)OC(CO)COP(=O)(O)OCC(CO)OC(=O)CCCCCCCCC/C=C\C/C=C\CCCCCC. The third-order valence-corrected chi connectivity index (χ3v) is 10.4. The molecule has 0 saturated heterocycles. The summed E-state index contributed by atoms with van der Waals surface area (Å²) in [6.07, 6.45) is 47.6. The molecule has 0 aliphatic rings. The summed E-state index contributed by atoms with van der Waals surface area (Å²) in [6.45, 7) is 2.06. The van der Waals surface area contributed by atoms with E-state index in [2.05, 4.69) is 74.6 Å². The zero-order valence-electron chi connectivity index (χ0n) is 36.5. The van der Waals surface area contributed by atoms with Gasteiger partial charge in [0.1, 0.15) is 12.2 Å². The van der Waals surface area contributed by atoms with Gasteiger partial charge in [0, 0.05) is 12.8 Å². The Bertz CT molecular complexity index is 1150. The molecule has 0 fully saturated rings. The maximum atomic E-state index is 12.4. The zero-order chi connectivity index (χ0) is 42.6. The average Bonchev–Trinajstić information content (AvgIpc) is 3.21. The Morgan fingerprint density at radius 2 is 0.810 bits per heavy atom. The molecule has 0 aliphatic heterocycles. The third-order valence-electron chi connectivity index (χ3n) is 9.46. The van der Waals surface area contributed by atoms with Crippen molar-refractivity contribution in [1.29, 1.82) is 0 Å². The van der Waals surface area contributed by atoms with Crippen LogP contribution in [-0.4, -0.2) is 65.7 Å². The quantitative estimate of drug-likeness (QED) is 0.0235. The van der Waals surface area contributed by atoms with Crippen LogP contribution in [0.15, 0.2) is 60.8 Å². The number of hydrogen-bond donors (Lipinski definition) is 3. The van der Waals surface area contributed by atoms with E-state index >= 15 is 0 Å². The summed E-state index contributed by atoms with van der Waals surface area (Å²) in [5.41, 5.74) is 0. The summed E-state index contributed by atoms with van der Waals surface area (Å²) in [5, 5.41) is 19.2. The highest BCUT2D eigenvalue weighted by atomic mass is 31.2. The third kappa shape index (κ3) is 40.4. The van der Waals surface area contributed by atoms with Gasteiger partial charge in [-0.15, -0.1) is 0 Å². The summed E-state index contributed by atoms with van der Waals surface area (Å²) in [5.74, 6) is -1.04. The number of hydrogen-bond acceptors (Lipinski definition) is 9. The van der Waals surface area contributed by atoms with Crippen molar-refractivity contribution in [3.05, 3.63) is 60.8 Å². The Hall–Kier alpha value is -2.33. The first-order valence-electron chi connectivity index (χ1n) is 22.7. The van der Waals surface area contributed by atoms with E-state index in [4.69, 9.17) is 18.5 Å². The van der Waals surface area contributed by atoms with Gasteiger partial charge in [-0.25, -0.2) is 4.57 Å². The van der Waals surface area contributed by atoms with Gasteiger partial charge in [-0.3, -0.25) is 18.6 Å². The van der Waals surface area contributed by atoms with E-state index in [0.29, 0.717) is 12.8 Å². The normalized spacial score (nSPS) is 14.4. The molecule has 0 bridgehead atoms. The van der Waals surface area contributed by atoms with Gasteiger partial charge < -0.3 is 24.6 Å². The van der Waals surface area contributed by atoms with Crippen molar-refractivity contribution in [2.75, 3.05) is 26.4 Å². The molecule has 11 heteroatoms. The van der Waals surface area contributed by atoms with E-state index in [9.17, 15) is 29.3 Å². The monoisotopic (exact) mass is 839 g/mol. The molecule has 336 valence electrons. The minimum atomic E-state index is -4.65. The molecule has 0 spiro atoms. The van der Waals surface area contributed by atoms with E-state index in [-0.39, 0.29) is 12.8 Å². The first-order valence-corrected chi connectivity index (χ1v) is 24.2. The number of phosphoric acid groups is 1. The molecule has 0 radical (unpaired) electrons. The number of aliphatic hydroxyl groups excluding tert-OH is 2. The largest absolute Gasteiger partial charge is 0.472 e. The molecule has 0 heterocycles. The number of esters is 2. The van der Waals surface area contributed by atoms with Gasteiger partial charge in [-0.2, -0.15) is 0 Å². The lowest BCUT2D eigenvalue weighted by molar-refractivity contribution is -0.153. The number of carbonyl (C=O) groups excluding carboxylic acids is 2. The van der Waals surface area contributed by atoms with Crippen LogP contribution in [0.2, 0.25) is 0 Å². The van der Waals surface area contributed by atoms with Crippen LogP contribution in [0, 0.1) is 0 Å². The number of carbonyl (C=O) groups is 2. The Morgan fingerprint density at radius 3 is 1.17 bits per heavy atom. The van der Waals surface area contributed by atoms with Gasteiger partial charge in [-0.1, -0.05) is 158 Å². The summed E-state index contributed by atoms with van der Waals surface area (Å²) in [6, 6.07) is 0. The van der Waals surface area contributed by atoms with Crippen LogP contribution in [0.25, 0.3) is 0 Å². The first kappa shape index (κ1) is 55.7. The summed E-state index contributed by atoms with van der Waals surface area (Å²) in [7, 11) is -4.65. The topological polar surface area (TPSA) is 149 Å². The van der Waals surface area contributed by atoms with Gasteiger partial charge in [0.05, 0.1) is 26.4 Å². The highest BCUT2D eigenvalue weighted by Gasteiger charge is 2.27. The van der Waals surface area contributed by atoms with Crippen molar-refractivity contribution < 1.29 is 47.8 Å². The van der Waals surface area contributed by atoms with Crippen LogP contribution in [-0.2, 0) is 32.7 Å². The van der Waals surface area contributed by atoms with Crippen LogP contribution in [0.1, 0.15) is 187 Å². The molecular weight excluding hydrogens is 755 g/mol. The number of unbranched alkanes of at least 4 members (excludes halogenated alkanes) is 18. The maximum Gasteiger partial charge on any atom is 0.472 e. The standard InChI is InChI=1S/C47H83O10P/c1-3-5-7-9-11-13-15-17-19-21-23-25-27-29-31-33-35-37-39-47(51)57-45(41-49)43-55-58(52,53)54-42-44(40-48)56-46(50)38-36-34-32-30-28-26-24-22-20-18-16-14-12-10-8-6-4-2/h6,8,12-15,18-21,44-45,48-49H,3-5,7,9-11,16-17,22-43H2,1-2H3,(H,52,53)/b8-6-,14-12-,15-13-,20-18-,21-19-. The lowest BCUT2D eigenvalue weighted by Gasteiger charge is -2.20.